The van der Waals surface area contributed by atoms with Crippen molar-refractivity contribution in [2.45, 2.75) is 0 Å². The summed E-state index contributed by atoms with van der Waals surface area (Å²) in [5.74, 6) is -1.50. The summed E-state index contributed by atoms with van der Waals surface area (Å²) in [6, 6.07) is 0. The van der Waals surface area contributed by atoms with Crippen LogP contribution in [0.15, 0.2) is 0 Å². The van der Waals surface area contributed by atoms with E-state index in [0.29, 0.717) is 0 Å². The van der Waals surface area contributed by atoms with Gasteiger partial charge in [-0.25, -0.2) is 0 Å². The van der Waals surface area contributed by atoms with Gasteiger partial charge in [0.05, 0.1) is 0 Å². The van der Waals surface area contributed by atoms with Gasteiger partial charge in [-0.1, -0.05) is 0 Å². The number of halogens is 4. The molecule has 0 saturated carbocycles. The first-order chi connectivity index (χ1) is 2.00. The van der Waals surface area contributed by atoms with Crippen LogP contribution >= 0.6 is 56.2 Å². The molecule has 0 heterocycles. The molecule has 0 aromatic heterocycles. The number of rotatable bonds is 0. The molecule has 0 rings (SSSR count). The second-order valence-electron chi connectivity index (χ2n) is 0.350. The molecule has 9 heavy (non-hydrogen) atoms. The molecular formula is H8Br4CrO4. The summed E-state index contributed by atoms with van der Waals surface area (Å²) in [5.41, 5.74) is 0. The van der Waals surface area contributed by atoms with Crippen molar-refractivity contribution in [3.05, 3.63) is 0 Å². The van der Waals surface area contributed by atoms with E-state index in [1.165, 1.54) is 0 Å². The standard InChI is InChI=1S/4BrH.Cr.4H2O/h4*1H;;4*1H2/q;;;;+4;;;;/p-4. The molecule has 0 spiro atoms. The molecular weight excluding hydrogens is 436 g/mol. The zero-order valence-corrected chi connectivity index (χ0v) is 11.5. The average Bonchev–Trinajstić information content (AvgIpc) is 0.722. The molecule has 66 valence electrons. The SMILES string of the molecule is O.O.O.O.[Br][Cr]([Br])([Br])[Br]. The maximum atomic E-state index is 3.28. The van der Waals surface area contributed by atoms with Crippen molar-refractivity contribution >= 4 is 56.2 Å². The van der Waals surface area contributed by atoms with E-state index in [9.17, 15) is 0 Å². The molecule has 0 atom stereocenters. The van der Waals surface area contributed by atoms with Crippen LogP contribution in [0.25, 0.3) is 0 Å². The molecule has 0 aliphatic rings. The van der Waals surface area contributed by atoms with Gasteiger partial charge in [0, 0.05) is 0 Å². The fourth-order valence-corrected chi connectivity index (χ4v) is 0. The van der Waals surface area contributed by atoms with Crippen molar-refractivity contribution in [1.82, 2.24) is 0 Å². The van der Waals surface area contributed by atoms with Gasteiger partial charge in [0.25, 0.3) is 0 Å². The zero-order valence-electron chi connectivity index (χ0n) is 3.92. The molecule has 0 aromatic rings. The normalized spacial score (nSPS) is 8.44. The second-order valence-corrected chi connectivity index (χ2v) is 39.0. The van der Waals surface area contributed by atoms with Gasteiger partial charge < -0.3 is 21.9 Å². The van der Waals surface area contributed by atoms with Crippen LogP contribution in [0.1, 0.15) is 0 Å². The fraction of sp³-hybridized carbons (Fsp3) is 0. The molecule has 9 heteroatoms. The first-order valence-corrected chi connectivity index (χ1v) is 13.2. The average molecular weight is 444 g/mol. The molecule has 8 N–H and O–H groups in total. The van der Waals surface area contributed by atoms with E-state index in [0.717, 1.165) is 0 Å². The van der Waals surface area contributed by atoms with Crippen molar-refractivity contribution < 1.29 is 27.7 Å². The molecule has 0 unspecified atom stereocenters. The van der Waals surface area contributed by atoms with Gasteiger partial charge in [-0.15, -0.1) is 0 Å². The second kappa shape index (κ2) is 12.9. The summed E-state index contributed by atoms with van der Waals surface area (Å²) in [5, 5.41) is 0. The van der Waals surface area contributed by atoms with Crippen molar-refractivity contribution in [2.24, 2.45) is 0 Å². The Balaban J connectivity index is -0.0000000133. The molecule has 0 aliphatic carbocycles. The topological polar surface area (TPSA) is 126 Å². The van der Waals surface area contributed by atoms with Crippen LogP contribution < -0.4 is 0 Å². The van der Waals surface area contributed by atoms with Crippen LogP contribution in [-0.2, 0) is 5.77 Å². The van der Waals surface area contributed by atoms with E-state index < -0.39 is 5.77 Å². The molecule has 0 bridgehead atoms. The Bertz CT molecular complexity index is 28.0. The van der Waals surface area contributed by atoms with E-state index >= 15 is 0 Å². The monoisotopic (exact) mass is 440 g/mol. The van der Waals surface area contributed by atoms with Crippen LogP contribution in [-0.4, -0.2) is 21.9 Å². The third-order valence-electron chi connectivity index (χ3n) is 0. The Labute approximate surface area is 82.9 Å². The summed E-state index contributed by atoms with van der Waals surface area (Å²) >= 11 is 13.1. The van der Waals surface area contributed by atoms with Gasteiger partial charge in [-0.05, 0) is 0 Å². The van der Waals surface area contributed by atoms with Crippen LogP contribution in [0.5, 0.6) is 0 Å². The molecule has 0 fully saturated rings. The van der Waals surface area contributed by atoms with E-state index in [1.807, 2.05) is 0 Å². The van der Waals surface area contributed by atoms with Gasteiger partial charge in [0.2, 0.25) is 0 Å². The summed E-state index contributed by atoms with van der Waals surface area (Å²) in [4.78, 5) is 0. The molecule has 0 amide bonds. The zero-order chi connectivity index (χ0) is 4.50. The van der Waals surface area contributed by atoms with E-state index in [2.05, 4.69) is 56.2 Å². The Morgan fingerprint density at radius 3 is 0.556 bits per heavy atom. The number of hydrogen-bond donors (Lipinski definition) is 0. The van der Waals surface area contributed by atoms with Crippen LogP contribution in [0.3, 0.4) is 0 Å². The minimum absolute atomic E-state index is 0. The third kappa shape index (κ3) is 135. The van der Waals surface area contributed by atoms with Crippen LogP contribution in [0.2, 0.25) is 0 Å². The van der Waals surface area contributed by atoms with E-state index in [4.69, 9.17) is 0 Å². The van der Waals surface area contributed by atoms with Gasteiger partial charge in [-0.3, -0.25) is 0 Å². The summed E-state index contributed by atoms with van der Waals surface area (Å²) < 4.78 is 0. The van der Waals surface area contributed by atoms with Crippen molar-refractivity contribution in [1.29, 1.82) is 0 Å². The van der Waals surface area contributed by atoms with Gasteiger partial charge >= 0.3 is 62.0 Å². The Hall–Kier alpha value is 2.29. The summed E-state index contributed by atoms with van der Waals surface area (Å²) in [6.07, 6.45) is 0. The van der Waals surface area contributed by atoms with E-state index in [-0.39, 0.29) is 21.9 Å². The fourth-order valence-electron chi connectivity index (χ4n) is 0. The molecule has 0 aromatic carbocycles. The Morgan fingerprint density at radius 2 is 0.556 bits per heavy atom. The summed E-state index contributed by atoms with van der Waals surface area (Å²) in [7, 11) is 0. The first-order valence-electron chi connectivity index (χ1n) is 0.617. The van der Waals surface area contributed by atoms with Gasteiger partial charge in [0.1, 0.15) is 0 Å². The van der Waals surface area contributed by atoms with Crippen molar-refractivity contribution in [3.63, 3.8) is 0 Å². The quantitative estimate of drug-likeness (QED) is 0.503. The molecule has 0 radical (unpaired) electrons. The van der Waals surface area contributed by atoms with Crippen molar-refractivity contribution in [3.8, 4) is 0 Å². The summed E-state index contributed by atoms with van der Waals surface area (Å²) in [6.45, 7) is 0. The predicted molar refractivity (Wildman–Crippen MR) is 50.2 cm³/mol. The van der Waals surface area contributed by atoms with E-state index in [1.54, 1.807) is 0 Å². The van der Waals surface area contributed by atoms with Crippen LogP contribution in [0, 0.1) is 0 Å². The van der Waals surface area contributed by atoms with Gasteiger partial charge in [-0.2, -0.15) is 0 Å². The molecule has 0 saturated heterocycles. The minimum atomic E-state index is -1.50. The Morgan fingerprint density at radius 1 is 0.556 bits per heavy atom. The van der Waals surface area contributed by atoms with Gasteiger partial charge in [0.15, 0.2) is 0 Å². The third-order valence-corrected chi connectivity index (χ3v) is 0. The molecule has 0 aliphatic heterocycles. The van der Waals surface area contributed by atoms with Crippen LogP contribution in [0.4, 0.5) is 0 Å². The first kappa shape index (κ1) is 30.2. The molecule has 4 nitrogen and oxygen atoms in total. The predicted octanol–water partition coefficient (Wildman–Crippen LogP) is 0.0811. The maximum absolute atomic E-state index is 3.28. The Kier molecular flexibility index (Phi) is 43.4. The van der Waals surface area contributed by atoms with Crippen molar-refractivity contribution in [2.75, 3.05) is 0 Å². The number of hydrogen-bond acceptors (Lipinski definition) is 0.